The Hall–Kier alpha value is -4.09. The molecule has 50 heavy (non-hydrogen) atoms. The molecule has 2 fully saturated rings. The van der Waals surface area contributed by atoms with Crippen molar-refractivity contribution in [3.8, 4) is 0 Å². The highest BCUT2D eigenvalue weighted by molar-refractivity contribution is 6.30. The number of oxazole rings is 1. The number of nitrogens with two attached hydrogens (primary N) is 1. The Morgan fingerprint density at radius 2 is 1.68 bits per heavy atom. The number of carbonyl (C=O) groups is 3. The Balaban J connectivity index is 1.21. The minimum Gasteiger partial charge on any atom is -0.434 e. The van der Waals surface area contributed by atoms with Crippen molar-refractivity contribution in [2.75, 3.05) is 13.6 Å². The van der Waals surface area contributed by atoms with E-state index < -0.39 is 24.0 Å². The number of hydrogen-bond donors (Lipinski definition) is 3. The summed E-state index contributed by atoms with van der Waals surface area (Å²) >= 11 is 6.07. The smallest absolute Gasteiger partial charge is 0.266 e. The number of aromatic nitrogens is 1. The summed E-state index contributed by atoms with van der Waals surface area (Å²) in [6, 6.07) is 22.5. The SMILES string of the molecule is CN[C@H](CCc1ccccc1)C(=O)N1C[C@H](OCc2ccc(Cl)cc2)C[C@H]1C(=O)N[C@@H](CC1CCC(N)CC1)C(=O)c1nc2ccccc2o1. The van der Waals surface area contributed by atoms with Crippen molar-refractivity contribution in [3.63, 3.8) is 0 Å². The van der Waals surface area contributed by atoms with E-state index in [9.17, 15) is 14.4 Å². The van der Waals surface area contributed by atoms with Gasteiger partial charge in [-0.25, -0.2) is 4.98 Å². The molecule has 0 spiro atoms. The number of fused-ring (bicyclic) bond motifs is 1. The summed E-state index contributed by atoms with van der Waals surface area (Å²) in [5.74, 6) is -0.785. The normalized spacial score (nSPS) is 21.9. The van der Waals surface area contributed by atoms with Gasteiger partial charge in [0.05, 0.1) is 24.8 Å². The molecule has 6 rings (SSSR count). The number of ether oxygens (including phenoxy) is 1. The lowest BCUT2D eigenvalue weighted by Gasteiger charge is -2.31. The minimum atomic E-state index is -0.876. The number of nitrogens with one attached hydrogen (secondary N) is 2. The lowest BCUT2D eigenvalue weighted by atomic mass is 9.82. The molecule has 4 atom stereocenters. The van der Waals surface area contributed by atoms with Gasteiger partial charge in [-0.1, -0.05) is 66.2 Å². The van der Waals surface area contributed by atoms with Gasteiger partial charge in [0, 0.05) is 24.0 Å². The second kappa shape index (κ2) is 16.7. The lowest BCUT2D eigenvalue weighted by Crippen LogP contribution is -2.54. The van der Waals surface area contributed by atoms with E-state index in [1.807, 2.05) is 54.6 Å². The molecule has 1 aromatic heterocycles. The Morgan fingerprint density at radius 3 is 2.40 bits per heavy atom. The minimum absolute atomic E-state index is 0.0382. The van der Waals surface area contributed by atoms with Gasteiger partial charge in [0.15, 0.2) is 5.58 Å². The molecule has 1 aliphatic heterocycles. The maximum absolute atomic E-state index is 14.3. The lowest BCUT2D eigenvalue weighted by molar-refractivity contribution is -0.140. The van der Waals surface area contributed by atoms with Gasteiger partial charge in [-0.3, -0.25) is 14.4 Å². The van der Waals surface area contributed by atoms with Gasteiger partial charge in [0.25, 0.3) is 5.89 Å². The monoisotopic (exact) mass is 699 g/mol. The molecule has 4 N–H and O–H groups in total. The zero-order chi connectivity index (χ0) is 35.0. The molecule has 264 valence electrons. The topological polar surface area (TPSA) is 140 Å². The molecule has 11 heteroatoms. The molecule has 10 nitrogen and oxygen atoms in total. The van der Waals surface area contributed by atoms with E-state index in [0.29, 0.717) is 48.4 Å². The fraction of sp³-hybridized carbons (Fsp3) is 0.436. The highest BCUT2D eigenvalue weighted by atomic mass is 35.5. The Kier molecular flexibility index (Phi) is 12.0. The van der Waals surface area contributed by atoms with Crippen LogP contribution in [0.1, 0.15) is 66.8 Å². The average Bonchev–Trinajstić information content (AvgIpc) is 3.77. The fourth-order valence-electron chi connectivity index (χ4n) is 7.14. The molecule has 3 aromatic carbocycles. The number of aryl methyl sites for hydroxylation is 1. The van der Waals surface area contributed by atoms with E-state index in [-0.39, 0.29) is 42.2 Å². The van der Waals surface area contributed by atoms with Crippen LogP contribution in [-0.2, 0) is 27.4 Å². The summed E-state index contributed by atoms with van der Waals surface area (Å²) in [6.07, 6.45) is 5.08. The van der Waals surface area contributed by atoms with Crippen LogP contribution < -0.4 is 16.4 Å². The number of hydrogen-bond acceptors (Lipinski definition) is 8. The van der Waals surface area contributed by atoms with Gasteiger partial charge < -0.3 is 30.4 Å². The third-order valence-electron chi connectivity index (χ3n) is 10.1. The molecule has 0 bridgehead atoms. The van der Waals surface area contributed by atoms with E-state index in [0.717, 1.165) is 36.8 Å². The van der Waals surface area contributed by atoms with Crippen molar-refractivity contribution in [2.24, 2.45) is 11.7 Å². The summed E-state index contributed by atoms with van der Waals surface area (Å²) in [4.78, 5) is 48.6. The number of rotatable bonds is 14. The number of benzene rings is 3. The Morgan fingerprint density at radius 1 is 0.960 bits per heavy atom. The van der Waals surface area contributed by atoms with Crippen LogP contribution in [0.25, 0.3) is 11.1 Å². The number of nitrogens with zero attached hydrogens (tertiary/aromatic N) is 2. The van der Waals surface area contributed by atoms with E-state index in [4.69, 9.17) is 26.5 Å². The number of likely N-dealkylation sites (N-methyl/N-ethyl adjacent to an activating group) is 1. The van der Waals surface area contributed by atoms with Gasteiger partial charge in [-0.15, -0.1) is 0 Å². The summed E-state index contributed by atoms with van der Waals surface area (Å²) in [7, 11) is 1.76. The predicted molar refractivity (Wildman–Crippen MR) is 193 cm³/mol. The van der Waals surface area contributed by atoms with Crippen LogP contribution in [-0.4, -0.2) is 71.3 Å². The predicted octanol–water partition coefficient (Wildman–Crippen LogP) is 5.46. The van der Waals surface area contributed by atoms with Crippen LogP contribution in [0.5, 0.6) is 0 Å². The zero-order valence-corrected chi connectivity index (χ0v) is 29.2. The van der Waals surface area contributed by atoms with E-state index in [1.54, 1.807) is 36.2 Å². The molecule has 0 radical (unpaired) electrons. The van der Waals surface area contributed by atoms with E-state index in [2.05, 4.69) is 15.6 Å². The van der Waals surface area contributed by atoms with Crippen molar-refractivity contribution in [1.29, 1.82) is 0 Å². The first-order chi connectivity index (χ1) is 24.3. The van der Waals surface area contributed by atoms with Crippen LogP contribution in [0.2, 0.25) is 5.02 Å². The largest absolute Gasteiger partial charge is 0.434 e. The average molecular weight is 700 g/mol. The van der Waals surface area contributed by atoms with Crippen LogP contribution in [0.3, 0.4) is 0 Å². The number of Topliss-reactive ketones (excluding diaryl/α,β-unsaturated/α-hetero) is 1. The highest BCUT2D eigenvalue weighted by Gasteiger charge is 2.43. The van der Waals surface area contributed by atoms with Crippen molar-refractivity contribution >= 4 is 40.3 Å². The van der Waals surface area contributed by atoms with E-state index in [1.165, 1.54) is 0 Å². The molecular weight excluding hydrogens is 654 g/mol. The van der Waals surface area contributed by atoms with Gasteiger partial charge in [-0.05, 0) is 93.3 Å². The number of ketones is 1. The molecular formula is C39H46ClN5O5. The second-order valence-electron chi connectivity index (χ2n) is 13.6. The van der Waals surface area contributed by atoms with Crippen LogP contribution in [0, 0.1) is 5.92 Å². The summed E-state index contributed by atoms with van der Waals surface area (Å²) in [5.41, 5.74) is 9.33. The third-order valence-corrected chi connectivity index (χ3v) is 10.3. The number of para-hydroxylation sites is 2. The number of carbonyl (C=O) groups excluding carboxylic acids is 3. The zero-order valence-electron chi connectivity index (χ0n) is 28.4. The van der Waals surface area contributed by atoms with E-state index >= 15 is 0 Å². The van der Waals surface area contributed by atoms with Crippen molar-refractivity contribution < 1.29 is 23.5 Å². The molecule has 1 aliphatic carbocycles. The summed E-state index contributed by atoms with van der Waals surface area (Å²) in [5, 5.41) is 6.87. The Labute approximate surface area is 298 Å². The molecule has 4 aromatic rings. The molecule has 2 aliphatic rings. The fourth-order valence-corrected chi connectivity index (χ4v) is 7.26. The number of amides is 2. The maximum atomic E-state index is 14.3. The van der Waals surface area contributed by atoms with Gasteiger partial charge in [-0.2, -0.15) is 0 Å². The first-order valence-electron chi connectivity index (χ1n) is 17.6. The quantitative estimate of drug-likeness (QED) is 0.148. The number of halogens is 1. The first-order valence-corrected chi connectivity index (χ1v) is 18.0. The van der Waals surface area contributed by atoms with Crippen LogP contribution in [0.4, 0.5) is 0 Å². The molecule has 1 saturated heterocycles. The van der Waals surface area contributed by atoms with Crippen LogP contribution >= 0.6 is 11.6 Å². The van der Waals surface area contributed by atoms with Crippen molar-refractivity contribution in [2.45, 2.75) is 88.2 Å². The maximum Gasteiger partial charge on any atom is 0.266 e. The van der Waals surface area contributed by atoms with Gasteiger partial charge in [0.1, 0.15) is 11.6 Å². The second-order valence-corrected chi connectivity index (χ2v) is 14.0. The van der Waals surface area contributed by atoms with Crippen molar-refractivity contribution in [3.05, 3.63) is 101 Å². The first kappa shape index (κ1) is 35.7. The molecule has 0 unspecified atom stereocenters. The Bertz CT molecular complexity index is 1710. The van der Waals surface area contributed by atoms with Crippen LogP contribution in [0.15, 0.2) is 83.3 Å². The summed E-state index contributed by atoms with van der Waals surface area (Å²) in [6.45, 7) is 0.558. The number of likely N-dealkylation sites (tertiary alicyclic amines) is 1. The summed E-state index contributed by atoms with van der Waals surface area (Å²) < 4.78 is 12.1. The molecule has 1 saturated carbocycles. The molecule has 2 heterocycles. The molecule has 2 amide bonds. The van der Waals surface area contributed by atoms with Gasteiger partial charge >= 0.3 is 0 Å². The third kappa shape index (κ3) is 8.98. The highest BCUT2D eigenvalue weighted by Crippen LogP contribution is 2.29. The van der Waals surface area contributed by atoms with Gasteiger partial charge in [0.2, 0.25) is 17.6 Å². The van der Waals surface area contributed by atoms with Crippen molar-refractivity contribution in [1.82, 2.24) is 20.5 Å². The standard InChI is InChI=1S/C39H46ClN5O5/c1-42-32(20-15-25-7-3-2-4-8-25)39(48)45-23-30(49-24-27-11-16-28(40)17-12-27)22-34(45)37(47)43-33(21-26-13-18-29(41)19-14-26)36(46)38-44-31-9-5-6-10-35(31)50-38/h2-12,16-17,26,29-30,32-34,42H,13-15,18-24,41H2,1H3,(H,43,47)/t26?,29?,30-,32-,33+,34+/m1/s1.